The van der Waals surface area contributed by atoms with Crippen molar-refractivity contribution in [2.75, 3.05) is 7.11 Å². The number of hydrogen-bond acceptors (Lipinski definition) is 4. The Labute approximate surface area is 118 Å². The lowest BCUT2D eigenvalue weighted by Gasteiger charge is -2.40. The van der Waals surface area contributed by atoms with Gasteiger partial charge in [-0.15, -0.1) is 0 Å². The van der Waals surface area contributed by atoms with Crippen LogP contribution in [0.3, 0.4) is 0 Å². The van der Waals surface area contributed by atoms with Crippen molar-refractivity contribution in [1.82, 2.24) is 0 Å². The zero-order valence-electron chi connectivity index (χ0n) is 13.9. The van der Waals surface area contributed by atoms with Crippen molar-refractivity contribution in [3.8, 4) is 0 Å². The Hall–Kier alpha value is -0.0301. The van der Waals surface area contributed by atoms with Crippen molar-refractivity contribution in [3.63, 3.8) is 0 Å². The van der Waals surface area contributed by atoms with Gasteiger partial charge in [-0.1, -0.05) is 0 Å². The molecular weight excluding hydrogens is 242 g/mol. The average Bonchev–Trinajstić information content (AvgIpc) is 2.45. The van der Waals surface area contributed by atoms with Crippen LogP contribution in [-0.4, -0.2) is 43.9 Å². The first-order valence-corrected chi connectivity index (χ1v) is 6.89. The van der Waals surface area contributed by atoms with Gasteiger partial charge in [-0.05, 0) is 55.4 Å². The van der Waals surface area contributed by atoms with E-state index in [0.29, 0.717) is 7.37 Å². The maximum Gasteiger partial charge on any atom is 0.441 e. The third-order valence-corrected chi connectivity index (χ3v) is 4.84. The highest BCUT2D eigenvalue weighted by atomic mass is 16.7. The van der Waals surface area contributed by atoms with Crippen LogP contribution in [0.5, 0.6) is 0 Å². The summed E-state index contributed by atoms with van der Waals surface area (Å²) in [5.74, 6) is 0. The van der Waals surface area contributed by atoms with Crippen molar-refractivity contribution in [2.24, 2.45) is 0 Å². The SMILES string of the molecule is COC(C)(C)C(C)(C)OBB1OC(C)(C)C(C)(C)O1. The normalized spacial score (nSPS) is 22.7. The van der Waals surface area contributed by atoms with E-state index in [1.54, 1.807) is 7.11 Å². The lowest BCUT2D eigenvalue weighted by molar-refractivity contribution is -0.114. The number of methoxy groups -OCH3 is 1. The quantitative estimate of drug-likeness (QED) is 0.717. The molecule has 0 aromatic rings. The minimum absolute atomic E-state index is 0.318. The molecule has 1 saturated heterocycles. The van der Waals surface area contributed by atoms with Gasteiger partial charge in [-0.3, -0.25) is 0 Å². The molecule has 1 fully saturated rings. The smallest absolute Gasteiger partial charge is 0.434 e. The minimum Gasteiger partial charge on any atom is -0.434 e. The fourth-order valence-corrected chi connectivity index (χ4v) is 1.73. The Morgan fingerprint density at radius 3 is 1.68 bits per heavy atom. The number of hydrogen-bond donors (Lipinski definition) is 0. The average molecular weight is 270 g/mol. The van der Waals surface area contributed by atoms with Crippen molar-refractivity contribution < 1.29 is 18.7 Å². The third-order valence-electron chi connectivity index (χ3n) is 4.84. The monoisotopic (exact) mass is 270 g/mol. The lowest BCUT2D eigenvalue weighted by Crippen LogP contribution is -2.51. The van der Waals surface area contributed by atoms with Gasteiger partial charge in [0.1, 0.15) is 0 Å². The first kappa shape index (κ1) is 17.0. The summed E-state index contributed by atoms with van der Waals surface area (Å²) in [6, 6.07) is 0. The molecule has 0 aliphatic carbocycles. The topological polar surface area (TPSA) is 36.9 Å². The van der Waals surface area contributed by atoms with E-state index in [4.69, 9.17) is 18.7 Å². The maximum absolute atomic E-state index is 5.98. The second kappa shape index (κ2) is 5.06. The van der Waals surface area contributed by atoms with E-state index < -0.39 is 5.60 Å². The molecule has 110 valence electrons. The van der Waals surface area contributed by atoms with Crippen LogP contribution in [0.4, 0.5) is 0 Å². The molecule has 0 spiro atoms. The molecule has 0 unspecified atom stereocenters. The molecule has 0 aromatic carbocycles. The van der Waals surface area contributed by atoms with Crippen LogP contribution in [0.2, 0.25) is 0 Å². The maximum atomic E-state index is 5.98. The molecule has 0 bridgehead atoms. The summed E-state index contributed by atoms with van der Waals surface area (Å²) in [7, 11) is 1.75. The molecule has 19 heavy (non-hydrogen) atoms. The second-order valence-corrected chi connectivity index (χ2v) is 7.22. The van der Waals surface area contributed by atoms with E-state index in [1.807, 2.05) is 55.4 Å². The third kappa shape index (κ3) is 3.35. The van der Waals surface area contributed by atoms with Crippen molar-refractivity contribution in [3.05, 3.63) is 0 Å². The van der Waals surface area contributed by atoms with Gasteiger partial charge < -0.3 is 18.7 Å². The zero-order valence-corrected chi connectivity index (χ0v) is 13.9. The minimum atomic E-state index is -0.425. The van der Waals surface area contributed by atoms with Crippen LogP contribution in [0.15, 0.2) is 0 Å². The highest BCUT2D eigenvalue weighted by Crippen LogP contribution is 2.37. The highest BCUT2D eigenvalue weighted by molar-refractivity contribution is 7.03. The summed E-state index contributed by atoms with van der Waals surface area (Å²) < 4.78 is 23.3. The van der Waals surface area contributed by atoms with Gasteiger partial charge in [-0.25, -0.2) is 0 Å². The summed E-state index contributed by atoms with van der Waals surface area (Å²) >= 11 is 0. The molecule has 1 heterocycles. The van der Waals surface area contributed by atoms with Gasteiger partial charge >= 0.3 is 14.4 Å². The van der Waals surface area contributed by atoms with Crippen molar-refractivity contribution >= 4 is 14.4 Å². The van der Waals surface area contributed by atoms with Crippen LogP contribution < -0.4 is 0 Å². The van der Waals surface area contributed by atoms with E-state index in [-0.39, 0.29) is 23.8 Å². The van der Waals surface area contributed by atoms with Crippen LogP contribution in [-0.2, 0) is 18.7 Å². The van der Waals surface area contributed by atoms with Gasteiger partial charge in [0.15, 0.2) is 0 Å². The second-order valence-electron chi connectivity index (χ2n) is 7.22. The molecule has 0 radical (unpaired) electrons. The van der Waals surface area contributed by atoms with Crippen molar-refractivity contribution in [1.29, 1.82) is 0 Å². The van der Waals surface area contributed by atoms with Crippen LogP contribution >= 0.6 is 0 Å². The van der Waals surface area contributed by atoms with Crippen LogP contribution in [0.25, 0.3) is 0 Å². The molecule has 0 amide bonds. The first-order valence-electron chi connectivity index (χ1n) is 6.89. The predicted octanol–water partition coefficient (Wildman–Crippen LogP) is 2.15. The molecule has 0 aromatic heterocycles. The molecule has 4 nitrogen and oxygen atoms in total. The molecule has 0 N–H and O–H groups in total. The van der Waals surface area contributed by atoms with E-state index >= 15 is 0 Å². The van der Waals surface area contributed by atoms with E-state index in [0.717, 1.165) is 0 Å². The molecular formula is C13H28B2O4. The van der Waals surface area contributed by atoms with Gasteiger partial charge in [0, 0.05) is 7.11 Å². The Balaban J connectivity index is 2.61. The van der Waals surface area contributed by atoms with Gasteiger partial charge in [0.05, 0.1) is 22.4 Å². The molecule has 0 saturated carbocycles. The molecule has 0 atom stereocenters. The Morgan fingerprint density at radius 1 is 0.895 bits per heavy atom. The van der Waals surface area contributed by atoms with Gasteiger partial charge in [0.25, 0.3) is 0 Å². The van der Waals surface area contributed by atoms with Crippen LogP contribution in [0, 0.1) is 0 Å². The van der Waals surface area contributed by atoms with Crippen molar-refractivity contribution in [2.45, 2.75) is 77.8 Å². The molecule has 1 rings (SSSR count). The molecule has 6 heteroatoms. The van der Waals surface area contributed by atoms with E-state index in [9.17, 15) is 0 Å². The summed E-state index contributed by atoms with van der Waals surface area (Å²) in [5.41, 5.74) is -1.44. The summed E-state index contributed by atoms with van der Waals surface area (Å²) in [6.07, 6.45) is 0. The Bertz CT molecular complexity index is 311. The largest absolute Gasteiger partial charge is 0.441 e. The Kier molecular flexibility index (Phi) is 4.54. The Morgan fingerprint density at radius 2 is 1.32 bits per heavy atom. The lowest BCUT2D eigenvalue weighted by atomic mass is 9.55. The fourth-order valence-electron chi connectivity index (χ4n) is 1.73. The van der Waals surface area contributed by atoms with E-state index in [2.05, 4.69) is 0 Å². The number of ether oxygens (including phenoxy) is 1. The fraction of sp³-hybridized carbons (Fsp3) is 1.00. The van der Waals surface area contributed by atoms with Crippen LogP contribution in [0.1, 0.15) is 55.4 Å². The highest BCUT2D eigenvalue weighted by Gasteiger charge is 2.52. The predicted molar refractivity (Wildman–Crippen MR) is 79.5 cm³/mol. The molecule has 1 aliphatic rings. The summed E-state index contributed by atoms with van der Waals surface area (Å²) in [6.45, 7) is 16.2. The number of rotatable bonds is 5. The van der Waals surface area contributed by atoms with Gasteiger partial charge in [0.2, 0.25) is 0 Å². The molecule has 1 aliphatic heterocycles. The standard InChI is InChI=1S/C13H28B2O4/c1-10(2,16-9)11(3,4)17-14-15-18-12(5,6)13(7,8)19-15/h14H,1-9H3. The first-order chi connectivity index (χ1) is 8.35. The summed E-state index contributed by atoms with van der Waals surface area (Å²) in [4.78, 5) is 0. The van der Waals surface area contributed by atoms with E-state index in [1.165, 1.54) is 0 Å². The zero-order chi connectivity index (χ0) is 15.1. The van der Waals surface area contributed by atoms with Gasteiger partial charge in [-0.2, -0.15) is 0 Å². The summed E-state index contributed by atoms with van der Waals surface area (Å²) in [5, 5.41) is 0.